The number of ether oxygens (including phenoxy) is 2. The molecule has 0 saturated carbocycles. The fraction of sp³-hybridized carbons (Fsp3) is 0.636. The standard InChI is InChI=1S/C11H13Cl2N3O2/c1-6-4-18-8-9(12)14-11(13)15-10(8)16-2-3-17-5-7(6)16/h6-7H,2-5H2,1H3. The first kappa shape index (κ1) is 12.3. The molecule has 18 heavy (non-hydrogen) atoms. The SMILES string of the molecule is CC1COc2c(Cl)nc(Cl)nc2N2CCOCC12. The summed E-state index contributed by atoms with van der Waals surface area (Å²) in [6, 6.07) is 0.238. The lowest BCUT2D eigenvalue weighted by atomic mass is 10.0. The Labute approximate surface area is 115 Å². The molecule has 1 saturated heterocycles. The lowest BCUT2D eigenvalue weighted by Crippen LogP contribution is -2.49. The lowest BCUT2D eigenvalue weighted by molar-refractivity contribution is 0.0725. The van der Waals surface area contributed by atoms with Crippen LogP contribution in [0.25, 0.3) is 0 Å². The van der Waals surface area contributed by atoms with E-state index in [9.17, 15) is 0 Å². The second-order valence-electron chi connectivity index (χ2n) is 4.56. The summed E-state index contributed by atoms with van der Waals surface area (Å²) in [4.78, 5) is 10.4. The minimum Gasteiger partial charge on any atom is -0.486 e. The number of rotatable bonds is 0. The van der Waals surface area contributed by atoms with Crippen molar-refractivity contribution < 1.29 is 9.47 Å². The van der Waals surface area contributed by atoms with E-state index < -0.39 is 0 Å². The summed E-state index contributed by atoms with van der Waals surface area (Å²) in [6.45, 7) is 4.80. The molecule has 0 aromatic carbocycles. The van der Waals surface area contributed by atoms with Crippen molar-refractivity contribution in [3.05, 3.63) is 10.4 Å². The van der Waals surface area contributed by atoms with Crippen molar-refractivity contribution in [2.24, 2.45) is 5.92 Å². The van der Waals surface area contributed by atoms with Crippen molar-refractivity contribution >= 4 is 29.0 Å². The van der Waals surface area contributed by atoms with Crippen LogP contribution < -0.4 is 9.64 Å². The van der Waals surface area contributed by atoms with Crippen LogP contribution >= 0.6 is 23.2 Å². The molecule has 2 unspecified atom stereocenters. The van der Waals surface area contributed by atoms with Gasteiger partial charge in [-0.2, -0.15) is 4.98 Å². The summed E-state index contributed by atoms with van der Waals surface area (Å²) < 4.78 is 11.3. The van der Waals surface area contributed by atoms with Crippen molar-refractivity contribution in [2.75, 3.05) is 31.3 Å². The monoisotopic (exact) mass is 289 g/mol. The molecule has 0 spiro atoms. The predicted octanol–water partition coefficient (Wildman–Crippen LogP) is 2.02. The van der Waals surface area contributed by atoms with Crippen LogP contribution in [0.5, 0.6) is 5.75 Å². The Morgan fingerprint density at radius 2 is 2.11 bits per heavy atom. The molecule has 98 valence electrons. The van der Waals surface area contributed by atoms with Crippen molar-refractivity contribution in [1.82, 2.24) is 9.97 Å². The number of nitrogens with zero attached hydrogens (tertiary/aromatic N) is 3. The van der Waals surface area contributed by atoms with E-state index in [0.717, 1.165) is 6.54 Å². The molecule has 0 radical (unpaired) electrons. The average molecular weight is 290 g/mol. The third-order valence-electron chi connectivity index (χ3n) is 3.36. The Morgan fingerprint density at radius 3 is 2.94 bits per heavy atom. The van der Waals surface area contributed by atoms with Gasteiger partial charge in [0.15, 0.2) is 16.7 Å². The minimum absolute atomic E-state index is 0.141. The Bertz CT molecular complexity index is 472. The van der Waals surface area contributed by atoms with E-state index >= 15 is 0 Å². The van der Waals surface area contributed by atoms with Gasteiger partial charge in [0.1, 0.15) is 0 Å². The van der Waals surface area contributed by atoms with Crippen LogP contribution in [0.2, 0.25) is 10.4 Å². The first-order valence-corrected chi connectivity index (χ1v) is 6.62. The van der Waals surface area contributed by atoms with Gasteiger partial charge in [0.2, 0.25) is 5.28 Å². The van der Waals surface area contributed by atoms with Crippen LogP contribution in [0.15, 0.2) is 0 Å². The molecule has 0 aliphatic carbocycles. The minimum atomic E-state index is 0.141. The molecule has 5 nitrogen and oxygen atoms in total. The molecule has 3 heterocycles. The Morgan fingerprint density at radius 1 is 1.28 bits per heavy atom. The van der Waals surface area contributed by atoms with Crippen LogP contribution in [0.4, 0.5) is 5.82 Å². The molecule has 2 atom stereocenters. The molecular formula is C11H13Cl2N3O2. The van der Waals surface area contributed by atoms with Crippen LogP contribution in [0.1, 0.15) is 6.92 Å². The van der Waals surface area contributed by atoms with Gasteiger partial charge < -0.3 is 14.4 Å². The van der Waals surface area contributed by atoms with Crippen LogP contribution in [-0.4, -0.2) is 42.4 Å². The maximum Gasteiger partial charge on any atom is 0.226 e. The molecule has 0 bridgehead atoms. The topological polar surface area (TPSA) is 47.5 Å². The van der Waals surface area contributed by atoms with Gasteiger partial charge in [-0.15, -0.1) is 0 Å². The molecule has 1 fully saturated rings. The first-order valence-electron chi connectivity index (χ1n) is 5.87. The predicted molar refractivity (Wildman–Crippen MR) is 68.7 cm³/mol. The lowest BCUT2D eigenvalue weighted by Gasteiger charge is -2.37. The van der Waals surface area contributed by atoms with E-state index in [-0.39, 0.29) is 16.5 Å². The van der Waals surface area contributed by atoms with Gasteiger partial charge in [0, 0.05) is 12.5 Å². The molecule has 7 heteroatoms. The van der Waals surface area contributed by atoms with Crippen molar-refractivity contribution in [2.45, 2.75) is 13.0 Å². The number of morpholine rings is 1. The number of halogens is 2. The summed E-state index contributed by atoms with van der Waals surface area (Å²) in [5, 5.41) is 0.409. The maximum absolute atomic E-state index is 6.08. The van der Waals surface area contributed by atoms with E-state index in [1.807, 2.05) is 0 Å². The third kappa shape index (κ3) is 2.00. The van der Waals surface area contributed by atoms with E-state index in [4.69, 9.17) is 32.7 Å². The first-order chi connectivity index (χ1) is 8.66. The van der Waals surface area contributed by atoms with Crippen LogP contribution in [-0.2, 0) is 4.74 Å². The van der Waals surface area contributed by atoms with Gasteiger partial charge in [0.05, 0.1) is 25.9 Å². The van der Waals surface area contributed by atoms with Crippen LogP contribution in [0, 0.1) is 5.92 Å². The van der Waals surface area contributed by atoms with Gasteiger partial charge in [-0.1, -0.05) is 18.5 Å². The summed E-state index contributed by atoms with van der Waals surface area (Å²) >= 11 is 12.0. The Kier molecular flexibility index (Phi) is 3.21. The van der Waals surface area contributed by atoms with Crippen molar-refractivity contribution in [1.29, 1.82) is 0 Å². The molecule has 2 aliphatic rings. The summed E-state index contributed by atoms with van der Waals surface area (Å²) in [5.41, 5.74) is 0. The summed E-state index contributed by atoms with van der Waals surface area (Å²) in [7, 11) is 0. The highest BCUT2D eigenvalue weighted by Gasteiger charge is 2.35. The van der Waals surface area contributed by atoms with E-state index in [1.54, 1.807) is 0 Å². The number of hydrogen-bond acceptors (Lipinski definition) is 5. The smallest absolute Gasteiger partial charge is 0.226 e. The molecule has 3 rings (SSSR count). The highest BCUT2D eigenvalue weighted by Crippen LogP contribution is 2.39. The van der Waals surface area contributed by atoms with Gasteiger partial charge in [-0.25, -0.2) is 4.98 Å². The third-order valence-corrected chi connectivity index (χ3v) is 3.79. The van der Waals surface area contributed by atoms with Gasteiger partial charge >= 0.3 is 0 Å². The Balaban J connectivity index is 2.09. The molecule has 1 aromatic heterocycles. The van der Waals surface area contributed by atoms with Crippen molar-refractivity contribution in [3.8, 4) is 5.75 Å². The zero-order valence-corrected chi connectivity index (χ0v) is 11.4. The number of anilines is 1. The highest BCUT2D eigenvalue weighted by molar-refractivity contribution is 6.33. The fourth-order valence-corrected chi connectivity index (χ4v) is 2.82. The quantitative estimate of drug-likeness (QED) is 0.540. The molecule has 1 aromatic rings. The second-order valence-corrected chi connectivity index (χ2v) is 5.26. The maximum atomic E-state index is 6.08. The average Bonchev–Trinajstić information content (AvgIpc) is 2.49. The summed E-state index contributed by atoms with van der Waals surface area (Å²) in [6.07, 6.45) is 0. The van der Waals surface area contributed by atoms with Gasteiger partial charge in [0.25, 0.3) is 0 Å². The van der Waals surface area contributed by atoms with Crippen molar-refractivity contribution in [3.63, 3.8) is 0 Å². The van der Waals surface area contributed by atoms with E-state index in [2.05, 4.69) is 21.8 Å². The Hall–Kier alpha value is -0.780. The largest absolute Gasteiger partial charge is 0.486 e. The van der Waals surface area contributed by atoms with Gasteiger partial charge in [-0.05, 0) is 11.6 Å². The van der Waals surface area contributed by atoms with E-state index in [0.29, 0.717) is 37.3 Å². The summed E-state index contributed by atoms with van der Waals surface area (Å²) in [5.74, 6) is 1.53. The molecule has 2 aliphatic heterocycles. The van der Waals surface area contributed by atoms with E-state index in [1.165, 1.54) is 0 Å². The second kappa shape index (κ2) is 4.72. The zero-order valence-electron chi connectivity index (χ0n) is 9.90. The normalized spacial score (nSPS) is 26.9. The molecule has 0 amide bonds. The fourth-order valence-electron chi connectivity index (χ4n) is 2.39. The van der Waals surface area contributed by atoms with Crippen LogP contribution in [0.3, 0.4) is 0 Å². The van der Waals surface area contributed by atoms with Gasteiger partial charge in [-0.3, -0.25) is 0 Å². The molecule has 0 N–H and O–H groups in total. The zero-order chi connectivity index (χ0) is 12.7. The number of hydrogen-bond donors (Lipinski definition) is 0. The highest BCUT2D eigenvalue weighted by atomic mass is 35.5. The number of fused-ring (bicyclic) bond motifs is 3. The number of aromatic nitrogens is 2. The molecular weight excluding hydrogens is 277 g/mol.